The van der Waals surface area contributed by atoms with Crippen molar-refractivity contribution in [1.82, 2.24) is 15.3 Å². The zero-order valence-electron chi connectivity index (χ0n) is 9.82. The second-order valence-corrected chi connectivity index (χ2v) is 3.62. The quantitative estimate of drug-likeness (QED) is 0.559. The Morgan fingerprint density at radius 1 is 1.67 bits per heavy atom. The Morgan fingerprint density at radius 3 is 3.17 bits per heavy atom. The normalized spacial score (nSPS) is 12.8. The fourth-order valence-electron chi connectivity index (χ4n) is 1.55. The molecule has 1 aromatic heterocycles. The van der Waals surface area contributed by atoms with Crippen LogP contribution in [0.25, 0.3) is 0 Å². The van der Waals surface area contributed by atoms with Crippen molar-refractivity contribution in [2.45, 2.75) is 6.92 Å². The highest BCUT2D eigenvalue weighted by molar-refractivity contribution is 5.71. The first-order valence-corrected chi connectivity index (χ1v) is 5.41. The Hall–Kier alpha value is -2.45. The van der Waals surface area contributed by atoms with Crippen LogP contribution in [0.2, 0.25) is 0 Å². The van der Waals surface area contributed by atoms with Gasteiger partial charge in [-0.15, -0.1) is 0 Å². The maximum atomic E-state index is 11.5. The van der Waals surface area contributed by atoms with Crippen molar-refractivity contribution in [2.24, 2.45) is 0 Å². The van der Waals surface area contributed by atoms with Crippen molar-refractivity contribution < 1.29 is 9.53 Å². The van der Waals surface area contributed by atoms with Gasteiger partial charge in [-0.2, -0.15) is 4.98 Å². The number of rotatable bonds is 3. The number of aromatic nitrogens is 2. The first kappa shape index (κ1) is 12.0. The number of nitrogens with zero attached hydrogens (tertiary/aromatic N) is 2. The minimum Gasteiger partial charge on any atom is -0.428 e. The van der Waals surface area contributed by atoms with E-state index in [0.29, 0.717) is 24.7 Å². The summed E-state index contributed by atoms with van der Waals surface area (Å²) < 4.78 is 4.95. The number of nitrogen functional groups attached to an aromatic ring is 1. The number of carbonyl (C=O) groups is 1. The van der Waals surface area contributed by atoms with E-state index in [1.807, 2.05) is 0 Å². The highest BCUT2D eigenvalue weighted by Gasteiger charge is 2.24. The van der Waals surface area contributed by atoms with E-state index in [1.165, 1.54) is 0 Å². The third-order valence-electron chi connectivity index (χ3n) is 2.34. The molecule has 0 fully saturated rings. The molecule has 98 valence electrons. The molecule has 2 heterocycles. The summed E-state index contributed by atoms with van der Waals surface area (Å²) in [5, 5.41) is 5.35. The van der Waals surface area contributed by atoms with Crippen LogP contribution in [-0.4, -0.2) is 36.0 Å². The van der Waals surface area contributed by atoms with E-state index in [9.17, 15) is 9.59 Å². The number of fused-ring (bicyclic) bond motifs is 1. The van der Waals surface area contributed by atoms with Crippen molar-refractivity contribution in [2.75, 3.05) is 35.9 Å². The summed E-state index contributed by atoms with van der Waals surface area (Å²) in [4.78, 5) is 30.7. The second-order valence-electron chi connectivity index (χ2n) is 3.62. The average Bonchev–Trinajstić information content (AvgIpc) is 2.70. The molecular formula is C9H14N6O3. The molecule has 18 heavy (non-hydrogen) atoms. The number of alkyl carbamates (subject to hydrolysis) is 1. The van der Waals surface area contributed by atoms with Crippen molar-refractivity contribution >= 4 is 23.5 Å². The minimum atomic E-state index is -0.524. The van der Waals surface area contributed by atoms with E-state index >= 15 is 0 Å². The maximum absolute atomic E-state index is 11.5. The Kier molecular flexibility index (Phi) is 3.22. The summed E-state index contributed by atoms with van der Waals surface area (Å²) >= 11 is 0. The topological polar surface area (TPSA) is 125 Å². The summed E-state index contributed by atoms with van der Waals surface area (Å²) in [7, 11) is 0. The van der Waals surface area contributed by atoms with E-state index < -0.39 is 6.09 Å². The summed E-state index contributed by atoms with van der Waals surface area (Å²) in [6, 6.07) is 0. The molecule has 0 saturated heterocycles. The molecule has 2 rings (SSSR count). The van der Waals surface area contributed by atoms with Gasteiger partial charge in [-0.05, 0) is 6.92 Å². The van der Waals surface area contributed by atoms with Gasteiger partial charge in [0.15, 0.2) is 12.5 Å². The van der Waals surface area contributed by atoms with E-state index in [4.69, 9.17) is 10.5 Å². The number of amides is 1. The number of aromatic amines is 1. The monoisotopic (exact) mass is 254 g/mol. The number of nitrogens with two attached hydrogens (primary N) is 1. The fourth-order valence-corrected chi connectivity index (χ4v) is 1.55. The first-order chi connectivity index (χ1) is 8.61. The molecule has 0 radical (unpaired) electrons. The van der Waals surface area contributed by atoms with Crippen molar-refractivity contribution in [1.29, 1.82) is 0 Å². The molecule has 1 aliphatic rings. The number of H-pyrrole nitrogens is 1. The van der Waals surface area contributed by atoms with Crippen LogP contribution < -0.4 is 26.8 Å². The molecule has 0 atom stereocenters. The Bertz CT molecular complexity index is 514. The molecular weight excluding hydrogens is 240 g/mol. The van der Waals surface area contributed by atoms with E-state index in [1.54, 1.807) is 11.8 Å². The van der Waals surface area contributed by atoms with Gasteiger partial charge >= 0.3 is 6.09 Å². The summed E-state index contributed by atoms with van der Waals surface area (Å²) in [5.74, 6) is 0.394. The highest BCUT2D eigenvalue weighted by atomic mass is 16.6. The molecule has 9 heteroatoms. The van der Waals surface area contributed by atoms with Crippen LogP contribution in [0.4, 0.5) is 22.2 Å². The molecule has 5 N–H and O–H groups in total. The summed E-state index contributed by atoms with van der Waals surface area (Å²) in [6.45, 7) is 2.59. The van der Waals surface area contributed by atoms with Gasteiger partial charge in [0.05, 0.1) is 6.67 Å². The lowest BCUT2D eigenvalue weighted by atomic mass is 10.5. The Labute approximate surface area is 102 Å². The number of carbonyl (C=O) groups excluding carboxylic acids is 1. The van der Waals surface area contributed by atoms with Gasteiger partial charge in [0.25, 0.3) is 5.56 Å². The smallest absolute Gasteiger partial charge is 0.408 e. The minimum absolute atomic E-state index is 0.0122. The fraction of sp³-hybridized carbons (Fsp3) is 0.444. The van der Waals surface area contributed by atoms with E-state index in [2.05, 4.69) is 20.6 Å². The summed E-state index contributed by atoms with van der Waals surface area (Å²) in [6.07, 6.45) is -0.524. The van der Waals surface area contributed by atoms with Gasteiger partial charge in [0.1, 0.15) is 5.69 Å². The average molecular weight is 254 g/mol. The third kappa shape index (κ3) is 2.29. The zero-order chi connectivity index (χ0) is 13.1. The van der Waals surface area contributed by atoms with Gasteiger partial charge in [-0.25, -0.2) is 4.79 Å². The molecule has 1 aromatic rings. The van der Waals surface area contributed by atoms with Crippen LogP contribution in [0.1, 0.15) is 6.92 Å². The number of anilines is 3. The van der Waals surface area contributed by atoms with Gasteiger partial charge in [-0.1, -0.05) is 0 Å². The van der Waals surface area contributed by atoms with Crippen LogP contribution in [-0.2, 0) is 4.74 Å². The van der Waals surface area contributed by atoms with E-state index in [-0.39, 0.29) is 18.2 Å². The Balaban J connectivity index is 2.07. The molecule has 0 aromatic carbocycles. The van der Waals surface area contributed by atoms with Gasteiger partial charge < -0.3 is 26.0 Å². The van der Waals surface area contributed by atoms with Gasteiger partial charge in [0, 0.05) is 6.54 Å². The zero-order valence-corrected chi connectivity index (χ0v) is 9.82. The SMILES string of the molecule is CCNC(=O)OCN1CNc2c1nc(N)[nH]c2=O. The molecule has 0 bridgehead atoms. The maximum Gasteiger partial charge on any atom is 0.408 e. The number of hydrogen-bond acceptors (Lipinski definition) is 7. The molecule has 1 aliphatic heterocycles. The first-order valence-electron chi connectivity index (χ1n) is 5.41. The summed E-state index contributed by atoms with van der Waals surface area (Å²) in [5.41, 5.74) is 5.43. The molecule has 1 amide bonds. The lowest BCUT2D eigenvalue weighted by Gasteiger charge is -2.16. The largest absolute Gasteiger partial charge is 0.428 e. The van der Waals surface area contributed by atoms with Crippen LogP contribution in [0.15, 0.2) is 4.79 Å². The van der Waals surface area contributed by atoms with Crippen LogP contribution in [0.5, 0.6) is 0 Å². The Morgan fingerprint density at radius 2 is 2.44 bits per heavy atom. The lowest BCUT2D eigenvalue weighted by molar-refractivity contribution is 0.147. The molecule has 0 aliphatic carbocycles. The molecule has 9 nitrogen and oxygen atoms in total. The molecule has 0 spiro atoms. The third-order valence-corrected chi connectivity index (χ3v) is 2.34. The van der Waals surface area contributed by atoms with Crippen molar-refractivity contribution in [3.05, 3.63) is 10.4 Å². The van der Waals surface area contributed by atoms with Crippen molar-refractivity contribution in [3.8, 4) is 0 Å². The molecule has 0 saturated carbocycles. The van der Waals surface area contributed by atoms with Crippen LogP contribution >= 0.6 is 0 Å². The van der Waals surface area contributed by atoms with Gasteiger partial charge in [0.2, 0.25) is 5.95 Å². The number of hydrogen-bond donors (Lipinski definition) is 4. The lowest BCUT2D eigenvalue weighted by Crippen LogP contribution is -2.32. The van der Waals surface area contributed by atoms with Crippen LogP contribution in [0, 0.1) is 0 Å². The molecule has 0 unspecified atom stereocenters. The number of ether oxygens (including phenoxy) is 1. The van der Waals surface area contributed by atoms with E-state index in [0.717, 1.165) is 0 Å². The second kappa shape index (κ2) is 4.82. The van der Waals surface area contributed by atoms with Crippen LogP contribution in [0.3, 0.4) is 0 Å². The predicted molar refractivity (Wildman–Crippen MR) is 65.3 cm³/mol. The highest BCUT2D eigenvalue weighted by Crippen LogP contribution is 2.24. The standard InChI is InChI=1S/C9H14N6O3/c1-2-11-9(17)18-4-15-3-12-5-6(15)13-8(10)14-7(5)16/h12H,2-4H2,1H3,(H,11,17)(H3,10,13,14,16). The predicted octanol–water partition coefficient (Wildman–Crippen LogP) is -0.755. The van der Waals surface area contributed by atoms with Gasteiger partial charge in [-0.3, -0.25) is 9.78 Å². The number of nitrogens with one attached hydrogen (secondary N) is 3. The van der Waals surface area contributed by atoms with Crippen molar-refractivity contribution in [3.63, 3.8) is 0 Å².